The number of carbonyl (C=O) groups is 2. The SMILES string of the molecule is CNC(=O)c1cc(C(=O)NC)c2c(c1)S(=O)(=O)C[C@@H]1[C@@]3(C)CCCC(C)(C)[C@@H]3CC[C@@]21C. The van der Waals surface area contributed by atoms with Crippen LogP contribution in [-0.2, 0) is 15.3 Å². The van der Waals surface area contributed by atoms with E-state index in [2.05, 4.69) is 38.3 Å². The van der Waals surface area contributed by atoms with Gasteiger partial charge in [-0.3, -0.25) is 9.59 Å². The van der Waals surface area contributed by atoms with Crippen LogP contribution in [-0.4, -0.2) is 40.1 Å². The van der Waals surface area contributed by atoms with Crippen molar-refractivity contribution < 1.29 is 18.0 Å². The Morgan fingerprint density at radius 2 is 1.59 bits per heavy atom. The van der Waals surface area contributed by atoms with E-state index in [9.17, 15) is 18.0 Å². The van der Waals surface area contributed by atoms with Crippen LogP contribution in [0.15, 0.2) is 17.0 Å². The van der Waals surface area contributed by atoms with E-state index in [1.165, 1.54) is 19.5 Å². The Morgan fingerprint density at radius 1 is 0.938 bits per heavy atom. The predicted octanol–water partition coefficient (Wildman–Crippen LogP) is 3.69. The Kier molecular flexibility index (Phi) is 5.31. The van der Waals surface area contributed by atoms with E-state index < -0.39 is 21.2 Å². The highest BCUT2D eigenvalue weighted by Gasteiger charge is 2.62. The quantitative estimate of drug-likeness (QED) is 0.704. The Labute approximate surface area is 191 Å². The fourth-order valence-corrected chi connectivity index (χ4v) is 10.00. The van der Waals surface area contributed by atoms with Gasteiger partial charge in [0.05, 0.1) is 10.6 Å². The zero-order valence-corrected chi connectivity index (χ0v) is 20.9. The Balaban J connectivity index is 2.00. The zero-order valence-electron chi connectivity index (χ0n) is 20.1. The molecule has 4 atom stereocenters. The lowest BCUT2D eigenvalue weighted by molar-refractivity contribution is -0.0982. The van der Waals surface area contributed by atoms with Gasteiger partial charge in [-0.25, -0.2) is 8.42 Å². The van der Waals surface area contributed by atoms with E-state index >= 15 is 0 Å². The molecule has 0 unspecified atom stereocenters. The van der Waals surface area contributed by atoms with Crippen molar-refractivity contribution >= 4 is 21.7 Å². The number of hydrogen-bond donors (Lipinski definition) is 2. The van der Waals surface area contributed by atoms with Gasteiger partial charge in [-0.05, 0) is 71.5 Å². The molecule has 0 radical (unpaired) electrons. The van der Waals surface area contributed by atoms with Crippen molar-refractivity contribution in [3.8, 4) is 0 Å². The topological polar surface area (TPSA) is 92.3 Å². The van der Waals surface area contributed by atoms with E-state index in [4.69, 9.17) is 0 Å². The van der Waals surface area contributed by atoms with Gasteiger partial charge in [-0.1, -0.05) is 34.1 Å². The maximum Gasteiger partial charge on any atom is 0.251 e. The van der Waals surface area contributed by atoms with E-state index in [1.807, 2.05) is 0 Å². The molecule has 0 saturated heterocycles. The average Bonchev–Trinajstić information content (AvgIpc) is 2.73. The molecule has 2 N–H and O–H groups in total. The third kappa shape index (κ3) is 3.14. The molecule has 1 aliphatic heterocycles. The maximum absolute atomic E-state index is 13.7. The first-order chi connectivity index (χ1) is 14.8. The summed E-state index contributed by atoms with van der Waals surface area (Å²) in [6, 6.07) is 3.05. The molecule has 1 heterocycles. The van der Waals surface area contributed by atoms with Gasteiger partial charge in [0, 0.05) is 25.2 Å². The second kappa shape index (κ2) is 7.31. The van der Waals surface area contributed by atoms with Crippen molar-refractivity contribution in [2.45, 2.75) is 70.1 Å². The molecule has 7 heteroatoms. The summed E-state index contributed by atoms with van der Waals surface area (Å²) in [5.41, 5.74) is 0.751. The van der Waals surface area contributed by atoms with Gasteiger partial charge in [0.15, 0.2) is 9.84 Å². The van der Waals surface area contributed by atoms with E-state index in [-0.39, 0.29) is 38.9 Å². The van der Waals surface area contributed by atoms with E-state index in [1.54, 1.807) is 13.1 Å². The van der Waals surface area contributed by atoms with Gasteiger partial charge < -0.3 is 10.6 Å². The van der Waals surface area contributed by atoms with Gasteiger partial charge in [-0.2, -0.15) is 0 Å². The minimum Gasteiger partial charge on any atom is -0.355 e. The van der Waals surface area contributed by atoms with Crippen LogP contribution >= 0.6 is 0 Å². The van der Waals surface area contributed by atoms with Crippen LogP contribution in [0.3, 0.4) is 0 Å². The number of hydrogen-bond acceptors (Lipinski definition) is 4. The normalized spacial score (nSPS) is 34.4. The molecule has 1 aromatic rings. The fourth-order valence-electron chi connectivity index (χ4n) is 7.67. The highest BCUT2D eigenvalue weighted by molar-refractivity contribution is 7.91. The molecule has 2 fully saturated rings. The number of benzene rings is 1. The van der Waals surface area contributed by atoms with Crippen LogP contribution < -0.4 is 10.6 Å². The molecule has 3 aliphatic rings. The molecule has 2 amide bonds. The van der Waals surface area contributed by atoms with Crippen LogP contribution in [0.25, 0.3) is 0 Å². The summed E-state index contributed by atoms with van der Waals surface area (Å²) >= 11 is 0. The van der Waals surface area contributed by atoms with Crippen LogP contribution in [0.1, 0.15) is 86.1 Å². The molecule has 0 bridgehead atoms. The highest BCUT2D eigenvalue weighted by Crippen LogP contribution is 2.66. The molecule has 2 aliphatic carbocycles. The monoisotopic (exact) mass is 460 g/mol. The van der Waals surface area contributed by atoms with Crippen molar-refractivity contribution in [3.63, 3.8) is 0 Å². The van der Waals surface area contributed by atoms with Crippen molar-refractivity contribution in [3.05, 3.63) is 28.8 Å². The molecule has 1 aromatic carbocycles. The first kappa shape index (κ1) is 23.3. The predicted molar refractivity (Wildman–Crippen MR) is 125 cm³/mol. The van der Waals surface area contributed by atoms with Crippen LogP contribution in [0, 0.1) is 22.7 Å². The molecule has 0 spiro atoms. The first-order valence-corrected chi connectivity index (χ1v) is 13.3. The van der Waals surface area contributed by atoms with Gasteiger partial charge in [-0.15, -0.1) is 0 Å². The second-order valence-corrected chi connectivity index (χ2v) is 13.2. The van der Waals surface area contributed by atoms with Crippen LogP contribution in [0.2, 0.25) is 0 Å². The lowest BCUT2D eigenvalue weighted by Crippen LogP contribution is -2.60. The summed E-state index contributed by atoms with van der Waals surface area (Å²) in [7, 11) is -0.623. The molecular formula is C25H36N2O4S. The Morgan fingerprint density at radius 3 is 2.22 bits per heavy atom. The minimum absolute atomic E-state index is 0.0694. The molecule has 32 heavy (non-hydrogen) atoms. The number of amides is 2. The number of carbonyl (C=O) groups excluding carboxylic acids is 2. The zero-order chi connectivity index (χ0) is 23.7. The lowest BCUT2D eigenvalue weighted by atomic mass is 9.42. The van der Waals surface area contributed by atoms with Crippen molar-refractivity contribution in [1.82, 2.24) is 10.6 Å². The third-order valence-electron chi connectivity index (χ3n) is 9.15. The number of sulfone groups is 1. The molecule has 176 valence electrons. The lowest BCUT2D eigenvalue weighted by Gasteiger charge is -2.64. The Bertz CT molecular complexity index is 1090. The molecule has 6 nitrogen and oxygen atoms in total. The summed E-state index contributed by atoms with van der Waals surface area (Å²) in [5.74, 6) is -0.290. The number of rotatable bonds is 2. The van der Waals surface area contributed by atoms with Crippen molar-refractivity contribution in [2.75, 3.05) is 19.8 Å². The van der Waals surface area contributed by atoms with Crippen LogP contribution in [0.4, 0.5) is 0 Å². The summed E-state index contributed by atoms with van der Waals surface area (Å²) in [4.78, 5) is 25.6. The maximum atomic E-state index is 13.7. The summed E-state index contributed by atoms with van der Waals surface area (Å²) in [5, 5.41) is 5.22. The van der Waals surface area contributed by atoms with Gasteiger partial charge in [0.25, 0.3) is 11.8 Å². The summed E-state index contributed by atoms with van der Waals surface area (Å²) in [6.07, 6.45) is 5.13. The smallest absolute Gasteiger partial charge is 0.251 e. The molecular weight excluding hydrogens is 424 g/mol. The number of fused-ring (bicyclic) bond motifs is 5. The first-order valence-electron chi connectivity index (χ1n) is 11.7. The summed E-state index contributed by atoms with van der Waals surface area (Å²) in [6.45, 7) is 9.10. The molecule has 4 rings (SSSR count). The van der Waals surface area contributed by atoms with E-state index in [0.29, 0.717) is 17.0 Å². The van der Waals surface area contributed by atoms with Crippen molar-refractivity contribution in [2.24, 2.45) is 22.7 Å². The molecule has 0 aromatic heterocycles. The van der Waals surface area contributed by atoms with Gasteiger partial charge in [0.2, 0.25) is 0 Å². The third-order valence-corrected chi connectivity index (χ3v) is 10.9. The van der Waals surface area contributed by atoms with Gasteiger partial charge >= 0.3 is 0 Å². The van der Waals surface area contributed by atoms with Crippen LogP contribution in [0.5, 0.6) is 0 Å². The van der Waals surface area contributed by atoms with E-state index in [0.717, 1.165) is 25.7 Å². The van der Waals surface area contributed by atoms with Gasteiger partial charge in [0.1, 0.15) is 0 Å². The Hall–Kier alpha value is -1.89. The minimum atomic E-state index is -3.67. The molecule has 2 saturated carbocycles. The standard InChI is InChI=1S/C25H36N2O4S/c1-23(2)9-7-10-24(3)18(23)8-11-25(4)19(24)14-32(30,31)17-13-15(21(28)26-5)12-16(20(17)25)22(29)27-6/h12-13,18-19H,7-11,14H2,1-6H3,(H,26,28)(H,27,29)/t18-,19+,24-,25+/m0/s1. The summed E-state index contributed by atoms with van der Waals surface area (Å²) < 4.78 is 27.4. The largest absolute Gasteiger partial charge is 0.355 e. The van der Waals surface area contributed by atoms with Crippen molar-refractivity contribution in [1.29, 1.82) is 0 Å². The second-order valence-electron chi connectivity index (χ2n) is 11.2. The fraction of sp³-hybridized carbons (Fsp3) is 0.680. The average molecular weight is 461 g/mol. The number of nitrogens with one attached hydrogen (secondary N) is 2. The highest BCUT2D eigenvalue weighted by atomic mass is 32.2.